The van der Waals surface area contributed by atoms with E-state index in [2.05, 4.69) is 15.5 Å². The third-order valence-corrected chi connectivity index (χ3v) is 5.08. The second-order valence-electron chi connectivity index (χ2n) is 5.85. The van der Waals surface area contributed by atoms with Crippen LogP contribution < -0.4 is 5.32 Å². The van der Waals surface area contributed by atoms with Crippen LogP contribution in [0.3, 0.4) is 0 Å². The van der Waals surface area contributed by atoms with Gasteiger partial charge in [0, 0.05) is 16.3 Å². The van der Waals surface area contributed by atoms with Gasteiger partial charge < -0.3 is 5.32 Å². The molecule has 8 heteroatoms. The van der Waals surface area contributed by atoms with Crippen molar-refractivity contribution in [2.45, 2.75) is 24.3 Å². The predicted molar refractivity (Wildman–Crippen MR) is 107 cm³/mol. The summed E-state index contributed by atoms with van der Waals surface area (Å²) in [5.74, 6) is -0.246. The Kier molecular flexibility index (Phi) is 5.93. The number of rotatable bonds is 6. The van der Waals surface area contributed by atoms with E-state index in [0.717, 1.165) is 5.69 Å². The van der Waals surface area contributed by atoms with E-state index < -0.39 is 5.25 Å². The normalized spacial score (nSPS) is 11.8. The minimum absolute atomic E-state index is 0.0526. The summed E-state index contributed by atoms with van der Waals surface area (Å²) < 4.78 is 1.77. The topological polar surface area (TPSA) is 76.9 Å². The number of thioether (sulfide) groups is 1. The average molecular weight is 401 g/mol. The summed E-state index contributed by atoms with van der Waals surface area (Å²) in [6.45, 7) is 3.27. The third kappa shape index (κ3) is 4.75. The lowest BCUT2D eigenvalue weighted by atomic mass is 10.1. The van der Waals surface area contributed by atoms with Gasteiger partial charge in [0.05, 0.1) is 10.9 Å². The van der Waals surface area contributed by atoms with Crippen molar-refractivity contribution in [3.8, 4) is 5.69 Å². The number of Topliss-reactive ketones (excluding diaryl/α,β-unsaturated/α-hetero) is 1. The van der Waals surface area contributed by atoms with Crippen molar-refractivity contribution < 1.29 is 9.59 Å². The zero-order valence-corrected chi connectivity index (χ0v) is 16.3. The molecule has 0 bridgehead atoms. The SMILES string of the molecule is CC(=O)c1cccc(NC(=O)C(C)Sc2nncn2-c2cccc(Cl)c2)c1. The lowest BCUT2D eigenvalue weighted by Gasteiger charge is -2.13. The summed E-state index contributed by atoms with van der Waals surface area (Å²) in [6.07, 6.45) is 1.58. The van der Waals surface area contributed by atoms with Gasteiger partial charge in [-0.15, -0.1) is 10.2 Å². The van der Waals surface area contributed by atoms with Crippen LogP contribution in [0.15, 0.2) is 60.0 Å². The summed E-state index contributed by atoms with van der Waals surface area (Å²) in [5.41, 5.74) is 1.95. The molecule has 1 heterocycles. The van der Waals surface area contributed by atoms with Crippen LogP contribution in [0.4, 0.5) is 5.69 Å². The summed E-state index contributed by atoms with van der Waals surface area (Å²) in [4.78, 5) is 24.0. The minimum Gasteiger partial charge on any atom is -0.325 e. The summed E-state index contributed by atoms with van der Waals surface area (Å²) in [7, 11) is 0. The van der Waals surface area contributed by atoms with Crippen LogP contribution in [-0.4, -0.2) is 31.7 Å². The molecule has 1 amide bonds. The fraction of sp³-hybridized carbons (Fsp3) is 0.158. The van der Waals surface area contributed by atoms with Gasteiger partial charge in [-0.3, -0.25) is 14.2 Å². The smallest absolute Gasteiger partial charge is 0.237 e. The lowest BCUT2D eigenvalue weighted by Crippen LogP contribution is -2.23. The molecule has 3 aromatic rings. The molecule has 0 spiro atoms. The monoisotopic (exact) mass is 400 g/mol. The molecule has 138 valence electrons. The molecule has 6 nitrogen and oxygen atoms in total. The minimum atomic E-state index is -0.423. The van der Waals surface area contributed by atoms with Crippen LogP contribution in [0.5, 0.6) is 0 Å². The van der Waals surface area contributed by atoms with E-state index in [9.17, 15) is 9.59 Å². The zero-order chi connectivity index (χ0) is 19.4. The maximum atomic E-state index is 12.5. The number of hydrogen-bond acceptors (Lipinski definition) is 5. The first-order valence-corrected chi connectivity index (χ1v) is 9.44. The highest BCUT2D eigenvalue weighted by atomic mass is 35.5. The third-order valence-electron chi connectivity index (χ3n) is 3.79. The summed E-state index contributed by atoms with van der Waals surface area (Å²) in [6, 6.07) is 14.2. The lowest BCUT2D eigenvalue weighted by molar-refractivity contribution is -0.115. The van der Waals surface area contributed by atoms with Gasteiger partial charge in [0.25, 0.3) is 0 Å². The van der Waals surface area contributed by atoms with Gasteiger partial charge in [-0.25, -0.2) is 0 Å². The molecular weight excluding hydrogens is 384 g/mol. The van der Waals surface area contributed by atoms with Crippen molar-refractivity contribution in [2.75, 3.05) is 5.32 Å². The van der Waals surface area contributed by atoms with E-state index in [4.69, 9.17) is 11.6 Å². The molecule has 0 aliphatic rings. The number of carbonyl (C=O) groups excluding carboxylic acids is 2. The predicted octanol–water partition coefficient (Wildman–Crippen LogP) is 4.24. The molecule has 0 fully saturated rings. The Morgan fingerprint density at radius 3 is 2.70 bits per heavy atom. The zero-order valence-electron chi connectivity index (χ0n) is 14.7. The molecule has 0 saturated carbocycles. The fourth-order valence-electron chi connectivity index (χ4n) is 2.38. The van der Waals surface area contributed by atoms with E-state index in [0.29, 0.717) is 21.4 Å². The van der Waals surface area contributed by atoms with Crippen LogP contribution in [-0.2, 0) is 4.79 Å². The van der Waals surface area contributed by atoms with Crippen molar-refractivity contribution >= 4 is 40.7 Å². The van der Waals surface area contributed by atoms with Crippen LogP contribution >= 0.6 is 23.4 Å². The maximum absolute atomic E-state index is 12.5. The van der Waals surface area contributed by atoms with E-state index in [-0.39, 0.29) is 11.7 Å². The molecule has 0 aliphatic heterocycles. The Morgan fingerprint density at radius 1 is 1.19 bits per heavy atom. The van der Waals surface area contributed by atoms with Crippen LogP contribution in [0.1, 0.15) is 24.2 Å². The second-order valence-corrected chi connectivity index (χ2v) is 7.59. The summed E-state index contributed by atoms with van der Waals surface area (Å²) >= 11 is 7.33. The molecule has 2 aromatic carbocycles. The number of anilines is 1. The molecule has 3 rings (SSSR count). The Labute approximate surface area is 165 Å². The van der Waals surface area contributed by atoms with Crippen molar-refractivity contribution in [3.05, 3.63) is 65.4 Å². The highest BCUT2D eigenvalue weighted by Crippen LogP contribution is 2.26. The molecule has 0 radical (unpaired) electrons. The number of hydrogen-bond donors (Lipinski definition) is 1. The summed E-state index contributed by atoms with van der Waals surface area (Å²) in [5, 5.41) is 11.6. The molecule has 1 atom stereocenters. The standard InChI is InChI=1S/C19H17ClN4O2S/c1-12(25)14-5-3-7-16(9-14)22-18(26)13(2)27-19-23-21-11-24(19)17-8-4-6-15(20)10-17/h3-11,13H,1-2H3,(H,22,26). The first-order valence-electron chi connectivity index (χ1n) is 8.18. The molecule has 27 heavy (non-hydrogen) atoms. The van der Waals surface area contributed by atoms with E-state index in [1.165, 1.54) is 18.7 Å². The van der Waals surface area contributed by atoms with Crippen molar-refractivity contribution in [1.29, 1.82) is 0 Å². The average Bonchev–Trinajstić information content (AvgIpc) is 3.10. The number of aromatic nitrogens is 3. The van der Waals surface area contributed by atoms with Gasteiger partial charge in [0.15, 0.2) is 10.9 Å². The first-order chi connectivity index (χ1) is 12.9. The van der Waals surface area contributed by atoms with E-state index >= 15 is 0 Å². The highest BCUT2D eigenvalue weighted by molar-refractivity contribution is 8.00. The molecule has 0 aliphatic carbocycles. The number of amides is 1. The van der Waals surface area contributed by atoms with Crippen molar-refractivity contribution in [2.24, 2.45) is 0 Å². The van der Waals surface area contributed by atoms with Crippen molar-refractivity contribution in [1.82, 2.24) is 14.8 Å². The van der Waals surface area contributed by atoms with E-state index in [1.54, 1.807) is 54.2 Å². The van der Waals surface area contributed by atoms with Gasteiger partial charge >= 0.3 is 0 Å². The number of halogens is 1. The van der Waals surface area contributed by atoms with Gasteiger partial charge in [0.2, 0.25) is 5.91 Å². The van der Waals surface area contributed by atoms with Crippen LogP contribution in [0.25, 0.3) is 5.69 Å². The van der Waals surface area contributed by atoms with Gasteiger partial charge in [0.1, 0.15) is 6.33 Å². The quantitative estimate of drug-likeness (QED) is 0.494. The number of carbonyl (C=O) groups is 2. The largest absolute Gasteiger partial charge is 0.325 e. The van der Waals surface area contributed by atoms with Crippen LogP contribution in [0.2, 0.25) is 5.02 Å². The highest BCUT2D eigenvalue weighted by Gasteiger charge is 2.19. The first kappa shape index (κ1) is 19.1. The number of ketones is 1. The molecular formula is C19H17ClN4O2S. The Bertz CT molecular complexity index is 989. The number of nitrogens with one attached hydrogen (secondary N) is 1. The van der Waals surface area contributed by atoms with Gasteiger partial charge in [-0.1, -0.05) is 41.6 Å². The van der Waals surface area contributed by atoms with E-state index in [1.807, 2.05) is 12.1 Å². The molecule has 0 saturated heterocycles. The van der Waals surface area contributed by atoms with Crippen molar-refractivity contribution in [3.63, 3.8) is 0 Å². The van der Waals surface area contributed by atoms with Crippen LogP contribution in [0, 0.1) is 0 Å². The second kappa shape index (κ2) is 8.37. The number of benzene rings is 2. The van der Waals surface area contributed by atoms with Gasteiger partial charge in [-0.2, -0.15) is 0 Å². The fourth-order valence-corrected chi connectivity index (χ4v) is 3.41. The number of nitrogens with zero attached hydrogens (tertiary/aromatic N) is 3. The molecule has 1 N–H and O–H groups in total. The van der Waals surface area contributed by atoms with Gasteiger partial charge in [-0.05, 0) is 44.2 Å². The Hall–Kier alpha value is -2.64. The Morgan fingerprint density at radius 2 is 1.96 bits per heavy atom. The molecule has 1 unspecified atom stereocenters. The molecule has 1 aromatic heterocycles. The maximum Gasteiger partial charge on any atom is 0.237 e. The Balaban J connectivity index is 1.72.